The fraction of sp³-hybridized carbons (Fsp3) is 0.211. The highest BCUT2D eigenvalue weighted by atomic mass is 32.2. The number of rotatable bonds is 7. The molecule has 2 rings (SSSR count). The predicted octanol–water partition coefficient (Wildman–Crippen LogP) is 4.54. The Morgan fingerprint density at radius 2 is 1.65 bits per heavy atom. The van der Waals surface area contributed by atoms with Crippen molar-refractivity contribution in [1.82, 2.24) is 0 Å². The van der Waals surface area contributed by atoms with E-state index in [0.29, 0.717) is 11.3 Å². The van der Waals surface area contributed by atoms with Gasteiger partial charge in [0.15, 0.2) is 0 Å². The van der Waals surface area contributed by atoms with Gasteiger partial charge < -0.3 is 0 Å². The minimum Gasteiger partial charge on any atom is -0.290 e. The fourth-order valence-electron chi connectivity index (χ4n) is 2.22. The van der Waals surface area contributed by atoms with E-state index < -0.39 is 21.6 Å². The average Bonchev–Trinajstić information content (AvgIpc) is 2.60. The summed E-state index contributed by atoms with van der Waals surface area (Å²) < 4.78 is 27.9. The molecule has 0 aliphatic rings. The molecule has 0 N–H and O–H groups in total. The summed E-state index contributed by atoms with van der Waals surface area (Å²) in [5.74, 6) is -0.759. The normalized spacial score (nSPS) is 15.2. The lowest BCUT2D eigenvalue weighted by atomic mass is 10.1. The summed E-state index contributed by atoms with van der Waals surface area (Å²) in [6.45, 7) is 1.77. The van der Waals surface area contributed by atoms with E-state index in [-0.39, 0.29) is 6.42 Å². The average molecular weight is 330 g/mol. The van der Waals surface area contributed by atoms with Gasteiger partial charge in [-0.15, -0.1) is 0 Å². The van der Waals surface area contributed by atoms with E-state index in [1.807, 2.05) is 30.3 Å². The van der Waals surface area contributed by atoms with Crippen LogP contribution in [0.1, 0.15) is 25.3 Å². The Morgan fingerprint density at radius 1 is 1.09 bits per heavy atom. The van der Waals surface area contributed by atoms with E-state index in [1.54, 1.807) is 43.3 Å². The Kier molecular flexibility index (Phi) is 5.99. The molecule has 0 saturated carbocycles. The number of allylic oxidation sites excluding steroid dienone is 1. The number of carbonyl (C=O) groups excluding carboxylic acids is 1. The summed E-state index contributed by atoms with van der Waals surface area (Å²) in [4.78, 5) is 12.7. The highest BCUT2D eigenvalue weighted by Crippen LogP contribution is 2.30. The molecule has 0 bridgehead atoms. The first-order chi connectivity index (χ1) is 11.1. The fourth-order valence-corrected chi connectivity index (χ4v) is 3.64. The molecule has 120 valence electrons. The lowest BCUT2D eigenvalue weighted by molar-refractivity contribution is -0.121. The molecule has 0 aliphatic heterocycles. The third kappa shape index (κ3) is 4.23. The predicted molar refractivity (Wildman–Crippen MR) is 92.1 cm³/mol. The molecular weight excluding hydrogens is 311 g/mol. The van der Waals surface area contributed by atoms with Crippen molar-refractivity contribution in [2.24, 2.45) is 0 Å². The molecule has 0 heterocycles. The van der Waals surface area contributed by atoms with E-state index in [1.165, 1.54) is 6.08 Å². The van der Waals surface area contributed by atoms with E-state index in [2.05, 4.69) is 0 Å². The van der Waals surface area contributed by atoms with Crippen LogP contribution < -0.4 is 0 Å². The van der Waals surface area contributed by atoms with Crippen LogP contribution in [0.5, 0.6) is 0 Å². The maximum Gasteiger partial charge on any atom is 0.250 e. The number of ketones is 1. The molecule has 2 nitrogen and oxygen atoms in total. The maximum atomic E-state index is 15.3. The Labute approximate surface area is 138 Å². The van der Waals surface area contributed by atoms with Crippen molar-refractivity contribution in [2.75, 3.05) is 0 Å². The summed E-state index contributed by atoms with van der Waals surface area (Å²) in [6.07, 6.45) is 3.09. The van der Waals surface area contributed by atoms with Crippen molar-refractivity contribution in [3.05, 3.63) is 72.3 Å². The van der Waals surface area contributed by atoms with E-state index in [9.17, 15) is 9.00 Å². The molecule has 0 aliphatic carbocycles. The Bertz CT molecular complexity index is 698. The first-order valence-corrected chi connectivity index (χ1v) is 8.66. The summed E-state index contributed by atoms with van der Waals surface area (Å²) in [5, 5.41) is -2.40. The van der Waals surface area contributed by atoms with Crippen molar-refractivity contribution in [3.63, 3.8) is 0 Å². The minimum absolute atomic E-state index is 0.0769. The monoisotopic (exact) mass is 330 g/mol. The van der Waals surface area contributed by atoms with Crippen LogP contribution in [0.25, 0.3) is 6.08 Å². The Balaban J connectivity index is 2.27. The molecule has 0 fully saturated rings. The van der Waals surface area contributed by atoms with Gasteiger partial charge in [0.25, 0.3) is 5.00 Å². The van der Waals surface area contributed by atoms with Crippen LogP contribution in [0.4, 0.5) is 4.39 Å². The molecule has 4 heteroatoms. The third-order valence-corrected chi connectivity index (χ3v) is 5.11. The summed E-state index contributed by atoms with van der Waals surface area (Å²) in [5.41, 5.74) is 0.796. The highest BCUT2D eigenvalue weighted by molar-refractivity contribution is 7.87. The number of carbonyl (C=O) groups is 1. The van der Waals surface area contributed by atoms with Gasteiger partial charge in [0.2, 0.25) is 5.78 Å². The zero-order valence-electron chi connectivity index (χ0n) is 12.9. The summed E-state index contributed by atoms with van der Waals surface area (Å²) >= 11 is 0. The first kappa shape index (κ1) is 17.3. The smallest absolute Gasteiger partial charge is 0.250 e. The quantitative estimate of drug-likeness (QED) is 0.698. The third-order valence-electron chi connectivity index (χ3n) is 3.42. The van der Waals surface area contributed by atoms with Crippen LogP contribution in [0.2, 0.25) is 0 Å². The number of alkyl halides is 1. The number of hydrogen-bond donors (Lipinski definition) is 0. The molecule has 0 spiro atoms. The Morgan fingerprint density at radius 3 is 2.22 bits per heavy atom. The number of hydrogen-bond acceptors (Lipinski definition) is 2. The summed E-state index contributed by atoms with van der Waals surface area (Å²) in [7, 11) is -2.04. The molecule has 2 unspecified atom stereocenters. The zero-order valence-corrected chi connectivity index (χ0v) is 13.8. The van der Waals surface area contributed by atoms with Gasteiger partial charge in [0, 0.05) is 11.3 Å². The van der Waals surface area contributed by atoms with Gasteiger partial charge in [-0.1, -0.05) is 68.0 Å². The van der Waals surface area contributed by atoms with E-state index in [0.717, 1.165) is 5.56 Å². The van der Waals surface area contributed by atoms with E-state index >= 15 is 4.39 Å². The standard InChI is InChI=1S/C19H19FO2S/c1-2-15-19(20,23(22)17-11-7-4-8-12-17)18(21)14-13-16-9-5-3-6-10-16/h3-14H,2,15H2,1H3/b14-13+. The minimum atomic E-state index is -2.40. The molecule has 23 heavy (non-hydrogen) atoms. The molecule has 2 aromatic carbocycles. The molecule has 0 saturated heterocycles. The van der Waals surface area contributed by atoms with Crippen LogP contribution in [0.3, 0.4) is 0 Å². The van der Waals surface area contributed by atoms with Crippen molar-refractivity contribution in [2.45, 2.75) is 29.7 Å². The van der Waals surface area contributed by atoms with Crippen LogP contribution >= 0.6 is 0 Å². The van der Waals surface area contributed by atoms with Crippen molar-refractivity contribution in [3.8, 4) is 0 Å². The van der Waals surface area contributed by atoms with Gasteiger partial charge in [-0.25, -0.2) is 4.39 Å². The highest BCUT2D eigenvalue weighted by Gasteiger charge is 2.43. The van der Waals surface area contributed by atoms with Gasteiger partial charge in [-0.05, 0) is 23.8 Å². The number of halogens is 1. The molecule has 0 aromatic heterocycles. The van der Waals surface area contributed by atoms with Gasteiger partial charge in [-0.2, -0.15) is 0 Å². The topological polar surface area (TPSA) is 34.1 Å². The van der Waals surface area contributed by atoms with Crippen LogP contribution in [-0.2, 0) is 15.6 Å². The largest absolute Gasteiger partial charge is 0.290 e. The van der Waals surface area contributed by atoms with E-state index in [4.69, 9.17) is 0 Å². The SMILES string of the molecule is CCCC(F)(C(=O)/C=C/c1ccccc1)S(=O)c1ccccc1. The molecule has 2 atom stereocenters. The molecule has 2 aromatic rings. The Hall–Kier alpha value is -2.07. The van der Waals surface area contributed by atoms with Crippen molar-refractivity contribution < 1.29 is 13.4 Å². The summed E-state index contributed by atoms with van der Waals surface area (Å²) in [6, 6.07) is 17.4. The second-order valence-electron chi connectivity index (χ2n) is 5.17. The lowest BCUT2D eigenvalue weighted by Gasteiger charge is -2.21. The van der Waals surface area contributed by atoms with Crippen LogP contribution in [0.15, 0.2) is 71.6 Å². The second-order valence-corrected chi connectivity index (χ2v) is 6.82. The van der Waals surface area contributed by atoms with Gasteiger partial charge in [0.1, 0.15) is 0 Å². The number of benzene rings is 2. The van der Waals surface area contributed by atoms with Crippen molar-refractivity contribution in [1.29, 1.82) is 0 Å². The van der Waals surface area contributed by atoms with Gasteiger partial charge in [0.05, 0.1) is 10.8 Å². The first-order valence-electron chi connectivity index (χ1n) is 7.51. The zero-order chi connectivity index (χ0) is 16.7. The van der Waals surface area contributed by atoms with Gasteiger partial charge >= 0.3 is 0 Å². The molecular formula is C19H19FO2S. The molecule has 0 radical (unpaired) electrons. The van der Waals surface area contributed by atoms with Crippen LogP contribution in [0, 0.1) is 0 Å². The van der Waals surface area contributed by atoms with Gasteiger partial charge in [-0.3, -0.25) is 9.00 Å². The van der Waals surface area contributed by atoms with Crippen molar-refractivity contribution >= 4 is 22.7 Å². The maximum absolute atomic E-state index is 15.3. The van der Waals surface area contributed by atoms with Crippen LogP contribution in [-0.4, -0.2) is 15.0 Å². The molecule has 0 amide bonds. The lowest BCUT2D eigenvalue weighted by Crippen LogP contribution is -2.37. The second kappa shape index (κ2) is 7.97.